The molecule has 0 unspecified atom stereocenters. The van der Waals surface area contributed by atoms with Crippen molar-refractivity contribution < 1.29 is 4.52 Å². The molecular weight excluding hydrogens is 248 g/mol. The molecule has 0 aliphatic carbocycles. The fraction of sp³-hybridized carbons (Fsp3) is 0.125. The van der Waals surface area contributed by atoms with Crippen molar-refractivity contribution in [2.45, 2.75) is 6.54 Å². The Labute approximate surface area is 88.7 Å². The summed E-state index contributed by atoms with van der Waals surface area (Å²) in [5.74, 6) is 1.49. The number of hydrogen-bond acceptors (Lipinski definition) is 5. The fourth-order valence-electron chi connectivity index (χ4n) is 0.947. The van der Waals surface area contributed by atoms with Crippen LogP contribution in [0.2, 0.25) is 0 Å². The van der Waals surface area contributed by atoms with Crippen molar-refractivity contribution in [3.8, 4) is 0 Å². The molecule has 0 bridgehead atoms. The Hall–Kier alpha value is -1.43. The average molecular weight is 255 g/mol. The molecule has 0 saturated heterocycles. The zero-order valence-electron chi connectivity index (χ0n) is 7.14. The van der Waals surface area contributed by atoms with Gasteiger partial charge >= 0.3 is 0 Å². The lowest BCUT2D eigenvalue weighted by Crippen LogP contribution is -2.01. The second kappa shape index (κ2) is 4.19. The van der Waals surface area contributed by atoms with Gasteiger partial charge in [0.05, 0.1) is 17.2 Å². The molecule has 0 fully saturated rings. The molecule has 0 aliphatic rings. The van der Waals surface area contributed by atoms with E-state index in [2.05, 4.69) is 36.4 Å². The number of anilines is 1. The number of nitrogens with one attached hydrogen (secondary N) is 1. The van der Waals surface area contributed by atoms with Crippen LogP contribution in [0.4, 0.5) is 5.82 Å². The Morgan fingerprint density at radius 1 is 1.50 bits per heavy atom. The summed E-state index contributed by atoms with van der Waals surface area (Å²) in [6, 6.07) is 1.79. The lowest BCUT2D eigenvalue weighted by molar-refractivity contribution is 0.388. The first kappa shape index (κ1) is 9.14. The second-order valence-electron chi connectivity index (χ2n) is 2.55. The van der Waals surface area contributed by atoms with Gasteiger partial charge in [0.25, 0.3) is 0 Å². The van der Waals surface area contributed by atoms with Crippen LogP contribution in [-0.2, 0) is 6.54 Å². The van der Waals surface area contributed by atoms with Gasteiger partial charge < -0.3 is 9.84 Å². The molecule has 14 heavy (non-hydrogen) atoms. The van der Waals surface area contributed by atoms with E-state index in [1.807, 2.05) is 0 Å². The van der Waals surface area contributed by atoms with Crippen LogP contribution < -0.4 is 5.32 Å². The Morgan fingerprint density at radius 2 is 2.43 bits per heavy atom. The van der Waals surface area contributed by atoms with E-state index in [-0.39, 0.29) is 0 Å². The molecule has 0 radical (unpaired) electrons. The molecule has 0 saturated carbocycles. The zero-order chi connectivity index (χ0) is 9.80. The van der Waals surface area contributed by atoms with Gasteiger partial charge in [0.2, 0.25) is 0 Å². The fourth-order valence-corrected chi connectivity index (χ4v) is 1.31. The minimum atomic E-state index is 0.551. The third kappa shape index (κ3) is 2.08. The monoisotopic (exact) mass is 254 g/mol. The number of nitrogens with zero attached hydrogens (tertiary/aromatic N) is 3. The lowest BCUT2D eigenvalue weighted by Gasteiger charge is -2.03. The van der Waals surface area contributed by atoms with E-state index in [1.54, 1.807) is 18.5 Å². The number of rotatable bonds is 3. The highest BCUT2D eigenvalue weighted by molar-refractivity contribution is 9.10. The van der Waals surface area contributed by atoms with Crippen LogP contribution in [0.5, 0.6) is 0 Å². The Bertz CT molecular complexity index is 403. The third-order valence-electron chi connectivity index (χ3n) is 1.59. The molecule has 0 aromatic carbocycles. The molecule has 0 atom stereocenters. The summed E-state index contributed by atoms with van der Waals surface area (Å²) in [6.07, 6.45) is 4.76. The van der Waals surface area contributed by atoms with Gasteiger partial charge in [-0.15, -0.1) is 0 Å². The first-order valence-electron chi connectivity index (χ1n) is 3.95. The summed E-state index contributed by atoms with van der Waals surface area (Å²) >= 11 is 3.33. The minimum Gasteiger partial charge on any atom is -0.362 e. The summed E-state index contributed by atoms with van der Waals surface area (Å²) < 4.78 is 5.74. The predicted molar refractivity (Wildman–Crippen MR) is 53.6 cm³/mol. The van der Waals surface area contributed by atoms with E-state index in [0.717, 1.165) is 16.1 Å². The summed E-state index contributed by atoms with van der Waals surface area (Å²) in [4.78, 5) is 7.90. The summed E-state index contributed by atoms with van der Waals surface area (Å²) in [6.45, 7) is 0.551. The Balaban J connectivity index is 2.02. The molecule has 6 heteroatoms. The summed E-state index contributed by atoms with van der Waals surface area (Å²) in [7, 11) is 0. The molecule has 2 aromatic heterocycles. The largest absolute Gasteiger partial charge is 0.362 e. The van der Waals surface area contributed by atoms with Crippen LogP contribution >= 0.6 is 15.9 Å². The summed E-state index contributed by atoms with van der Waals surface area (Å²) in [5.41, 5.74) is 0. The van der Waals surface area contributed by atoms with Gasteiger partial charge in [0.1, 0.15) is 12.1 Å². The van der Waals surface area contributed by atoms with Gasteiger partial charge in [-0.2, -0.15) is 0 Å². The predicted octanol–water partition coefficient (Wildman–Crippen LogP) is 1.84. The van der Waals surface area contributed by atoms with Crippen molar-refractivity contribution in [2.24, 2.45) is 0 Å². The van der Waals surface area contributed by atoms with E-state index >= 15 is 0 Å². The normalized spacial score (nSPS) is 10.1. The van der Waals surface area contributed by atoms with Crippen molar-refractivity contribution in [3.63, 3.8) is 0 Å². The Kier molecular flexibility index (Phi) is 2.73. The van der Waals surface area contributed by atoms with Crippen LogP contribution in [0, 0.1) is 0 Å². The van der Waals surface area contributed by atoms with Crippen molar-refractivity contribution in [1.82, 2.24) is 15.1 Å². The van der Waals surface area contributed by atoms with E-state index in [0.29, 0.717) is 6.54 Å². The molecule has 0 aliphatic heterocycles. The first-order chi connectivity index (χ1) is 6.86. The van der Waals surface area contributed by atoms with E-state index < -0.39 is 0 Å². The highest BCUT2D eigenvalue weighted by atomic mass is 79.9. The standard InChI is InChI=1S/C8H7BrN4O/c9-7-4-10-5-12-8(7)11-3-6-1-2-13-14-6/h1-2,4-5H,3H2,(H,10,11,12). The molecule has 72 valence electrons. The smallest absolute Gasteiger partial charge is 0.155 e. The molecule has 1 N–H and O–H groups in total. The maximum absolute atomic E-state index is 4.92. The molecule has 0 amide bonds. The highest BCUT2D eigenvalue weighted by Crippen LogP contribution is 2.17. The van der Waals surface area contributed by atoms with E-state index in [1.165, 1.54) is 6.33 Å². The van der Waals surface area contributed by atoms with Crippen molar-refractivity contribution in [1.29, 1.82) is 0 Å². The van der Waals surface area contributed by atoms with E-state index in [4.69, 9.17) is 4.52 Å². The number of hydrogen-bond donors (Lipinski definition) is 1. The van der Waals surface area contributed by atoms with Crippen molar-refractivity contribution >= 4 is 21.7 Å². The van der Waals surface area contributed by atoms with Gasteiger partial charge in [-0.1, -0.05) is 5.16 Å². The maximum atomic E-state index is 4.92. The number of aromatic nitrogens is 3. The number of halogens is 1. The summed E-state index contributed by atoms with van der Waals surface area (Å²) in [5, 5.41) is 6.68. The molecule has 5 nitrogen and oxygen atoms in total. The first-order valence-corrected chi connectivity index (χ1v) is 4.74. The van der Waals surface area contributed by atoms with Gasteiger partial charge in [-0.3, -0.25) is 0 Å². The van der Waals surface area contributed by atoms with Gasteiger partial charge in [-0.05, 0) is 15.9 Å². The third-order valence-corrected chi connectivity index (χ3v) is 2.17. The second-order valence-corrected chi connectivity index (χ2v) is 3.41. The van der Waals surface area contributed by atoms with Gasteiger partial charge in [-0.25, -0.2) is 9.97 Å². The quantitative estimate of drug-likeness (QED) is 0.906. The minimum absolute atomic E-state index is 0.551. The molecule has 2 rings (SSSR count). The van der Waals surface area contributed by atoms with Crippen molar-refractivity contribution in [3.05, 3.63) is 35.0 Å². The van der Waals surface area contributed by atoms with Crippen molar-refractivity contribution in [2.75, 3.05) is 5.32 Å². The molecular formula is C8H7BrN4O. The Morgan fingerprint density at radius 3 is 3.14 bits per heavy atom. The van der Waals surface area contributed by atoms with Crippen LogP contribution in [-0.4, -0.2) is 15.1 Å². The van der Waals surface area contributed by atoms with Crippen LogP contribution in [0.25, 0.3) is 0 Å². The lowest BCUT2D eigenvalue weighted by atomic mass is 10.4. The van der Waals surface area contributed by atoms with Crippen LogP contribution in [0.3, 0.4) is 0 Å². The maximum Gasteiger partial charge on any atom is 0.155 e. The van der Waals surface area contributed by atoms with Crippen LogP contribution in [0.15, 0.2) is 33.8 Å². The SMILES string of the molecule is Brc1cncnc1NCc1ccno1. The molecule has 0 spiro atoms. The van der Waals surface area contributed by atoms with E-state index in [9.17, 15) is 0 Å². The van der Waals surface area contributed by atoms with Gasteiger partial charge in [0.15, 0.2) is 5.76 Å². The topological polar surface area (TPSA) is 63.8 Å². The highest BCUT2D eigenvalue weighted by Gasteiger charge is 2.01. The van der Waals surface area contributed by atoms with Crippen LogP contribution in [0.1, 0.15) is 5.76 Å². The molecule has 2 heterocycles. The average Bonchev–Trinajstić information content (AvgIpc) is 2.69. The van der Waals surface area contributed by atoms with Gasteiger partial charge in [0, 0.05) is 12.3 Å². The molecule has 2 aromatic rings. The zero-order valence-corrected chi connectivity index (χ0v) is 8.73.